The van der Waals surface area contributed by atoms with Crippen LogP contribution in [0.4, 0.5) is 42.8 Å². The molecule has 0 unspecified atom stereocenters. The van der Waals surface area contributed by atoms with Gasteiger partial charge in [-0.1, -0.05) is 101 Å². The molecule has 1 saturated heterocycles. The number of fused-ring (bicyclic) bond motifs is 4. The van der Waals surface area contributed by atoms with Crippen LogP contribution in [-0.4, -0.2) is 48.8 Å². The number of hydrogen-bond acceptors (Lipinski definition) is 6. The van der Waals surface area contributed by atoms with Crippen LogP contribution in [0.15, 0.2) is 157 Å². The van der Waals surface area contributed by atoms with Gasteiger partial charge in [-0.15, -0.1) is 6.58 Å². The minimum atomic E-state index is -2.35. The molecule has 6 aromatic rings. The molecule has 3 aliphatic heterocycles. The van der Waals surface area contributed by atoms with Crippen LogP contribution < -0.4 is 77.4 Å². The summed E-state index contributed by atoms with van der Waals surface area (Å²) in [7, 11) is -2.35. The standard InChI is InChI=1S/C28H27N3O2.C27H25BrN2O2.C2H3BF2.FH.K/c1-2-19-8-10-24-23(17-19)27(32)30-26-18-22(9-11-25(26)29-24)28(33)31-14-12-21(13-15-31)16-20-6-4-3-5-7-20;28-21-11-13-23-22(16-21)27(32)30-25-15-20(10-12-24(25)29-23)26(31)19-8-6-18(7-9-19)14-17-4-2-1-3-5-17;1-2-3(4)5;;/h2-11,17-18,21,29H,1,12-16H2,(H,30,32);1-5,10-13,15-16,18-19,29H,6-9,14H2,(H,30,32);2H,1H2;1H;/q;;;;+1/p-1. The van der Waals surface area contributed by atoms with E-state index >= 15 is 0 Å². The first-order valence-electron chi connectivity index (χ1n) is 23.8. The van der Waals surface area contributed by atoms with Gasteiger partial charge in [-0.3, -0.25) is 27.8 Å². The molecule has 0 atom stereocenters. The van der Waals surface area contributed by atoms with E-state index in [2.05, 4.69) is 105 Å². The predicted octanol–water partition coefficient (Wildman–Crippen LogP) is 7.87. The Bertz CT molecular complexity index is 2900. The van der Waals surface area contributed by atoms with Gasteiger partial charge in [0.15, 0.2) is 5.78 Å². The molecule has 6 aromatic carbocycles. The molecule has 0 aromatic heterocycles. The second-order valence-corrected chi connectivity index (χ2v) is 19.1. The molecule has 2 fully saturated rings. The molecule has 15 heteroatoms. The zero-order valence-electron chi connectivity index (χ0n) is 40.2. The Hall–Kier alpha value is -5.55. The van der Waals surface area contributed by atoms with E-state index < -0.39 is 7.27 Å². The van der Waals surface area contributed by atoms with Crippen molar-refractivity contribution in [1.82, 2.24) is 4.90 Å². The number of rotatable bonds is 9. The number of carbonyl (C=O) groups is 4. The van der Waals surface area contributed by atoms with Gasteiger partial charge >= 0.3 is 58.7 Å². The van der Waals surface area contributed by atoms with Crippen molar-refractivity contribution < 1.29 is 83.9 Å². The van der Waals surface area contributed by atoms with Crippen LogP contribution >= 0.6 is 15.9 Å². The number of ketones is 1. The van der Waals surface area contributed by atoms with Crippen molar-refractivity contribution in [2.45, 2.75) is 51.4 Å². The van der Waals surface area contributed by atoms with Crippen LogP contribution in [0.25, 0.3) is 6.08 Å². The van der Waals surface area contributed by atoms with Crippen molar-refractivity contribution in [3.63, 3.8) is 0 Å². The molecule has 0 bridgehead atoms. The normalized spacial score (nSPS) is 16.3. The van der Waals surface area contributed by atoms with E-state index in [0.717, 1.165) is 97.2 Å². The third-order valence-electron chi connectivity index (χ3n) is 13.4. The molecular formula is C57H55BBrF3KN5O4. The van der Waals surface area contributed by atoms with Gasteiger partial charge in [0.05, 0.1) is 45.3 Å². The molecule has 364 valence electrons. The second kappa shape index (κ2) is 26.4. The van der Waals surface area contributed by atoms with Gasteiger partial charge in [-0.2, -0.15) is 0 Å². The van der Waals surface area contributed by atoms with Crippen LogP contribution in [0.5, 0.6) is 0 Å². The van der Waals surface area contributed by atoms with Gasteiger partial charge in [0.1, 0.15) is 0 Å². The number of anilines is 6. The summed E-state index contributed by atoms with van der Waals surface area (Å²) in [4.78, 5) is 53.9. The van der Waals surface area contributed by atoms with Gasteiger partial charge < -0.3 is 30.9 Å². The Balaban J connectivity index is 0.000000210. The molecule has 1 aliphatic carbocycles. The van der Waals surface area contributed by atoms with Gasteiger partial charge in [0.2, 0.25) is 0 Å². The monoisotopic (exact) mass is 1060 g/mol. The molecule has 9 nitrogen and oxygen atoms in total. The fourth-order valence-corrected chi connectivity index (χ4v) is 9.91. The van der Waals surface area contributed by atoms with Crippen molar-refractivity contribution in [3.05, 3.63) is 196 Å². The third kappa shape index (κ3) is 14.4. The van der Waals surface area contributed by atoms with Gasteiger partial charge in [-0.05, 0) is 147 Å². The number of likely N-dealkylation sites (tertiary alicyclic amines) is 1. The maximum absolute atomic E-state index is 13.2. The number of piperidine rings is 1. The zero-order valence-corrected chi connectivity index (χ0v) is 45.0. The number of nitrogens with zero attached hydrogens (tertiary/aromatic N) is 1. The summed E-state index contributed by atoms with van der Waals surface area (Å²) < 4.78 is 22.1. The number of benzene rings is 6. The predicted molar refractivity (Wildman–Crippen MR) is 283 cm³/mol. The first kappa shape index (κ1) is 55.8. The van der Waals surface area contributed by atoms with E-state index in [1.165, 1.54) is 11.1 Å². The molecule has 3 amide bonds. The number of amides is 3. The Morgan fingerprint density at radius 3 is 1.60 bits per heavy atom. The van der Waals surface area contributed by atoms with Crippen molar-refractivity contribution in [2.75, 3.05) is 34.4 Å². The SMILES string of the molecule is C=CB(F)F.C=Cc1ccc2c(c1)C(=O)Nc1cc(C(=O)N3CCC(Cc4ccccc4)CC3)ccc1N2.O=C1Nc2cc(C(=O)C3CCC(Cc4ccccc4)CC3)ccc2Nc2ccc(Br)cc21.[F-].[K+]. The average molecular weight is 1060 g/mol. The molecule has 4 N–H and O–H groups in total. The first-order chi connectivity index (χ1) is 33.9. The fourth-order valence-electron chi connectivity index (χ4n) is 9.55. The van der Waals surface area contributed by atoms with Gasteiger partial charge in [0.25, 0.3) is 17.7 Å². The van der Waals surface area contributed by atoms with E-state index in [4.69, 9.17) is 0 Å². The number of nitrogens with one attached hydrogen (secondary N) is 4. The maximum Gasteiger partial charge on any atom is 1.00 e. The van der Waals surface area contributed by atoms with Crippen LogP contribution in [0, 0.1) is 17.8 Å². The minimum absolute atomic E-state index is 0. The van der Waals surface area contributed by atoms with Crippen molar-refractivity contribution in [3.8, 4) is 0 Å². The van der Waals surface area contributed by atoms with E-state index in [0.29, 0.717) is 51.4 Å². The first-order valence-corrected chi connectivity index (χ1v) is 24.6. The topological polar surface area (TPSA) is 120 Å². The minimum Gasteiger partial charge on any atom is -1.00 e. The number of carbonyl (C=O) groups excluding carboxylic acids is 4. The maximum atomic E-state index is 13.2. The summed E-state index contributed by atoms with van der Waals surface area (Å²) in [5.41, 5.74) is 10.3. The quantitative estimate of drug-likeness (QED) is 0.0866. The van der Waals surface area contributed by atoms with Crippen LogP contribution in [0.3, 0.4) is 0 Å². The molecule has 3 heterocycles. The second-order valence-electron chi connectivity index (χ2n) is 18.1. The van der Waals surface area contributed by atoms with Gasteiger partial charge in [-0.25, -0.2) is 0 Å². The van der Waals surface area contributed by atoms with Crippen LogP contribution in [0.2, 0.25) is 0 Å². The zero-order chi connectivity index (χ0) is 49.1. The molecule has 1 saturated carbocycles. The summed E-state index contributed by atoms with van der Waals surface area (Å²) in [6.07, 6.45) is 9.90. The van der Waals surface area contributed by atoms with Crippen LogP contribution in [0.1, 0.15) is 96.6 Å². The summed E-state index contributed by atoms with van der Waals surface area (Å²) in [6.45, 7) is 8.10. The summed E-state index contributed by atoms with van der Waals surface area (Å²) >= 11 is 3.42. The van der Waals surface area contributed by atoms with E-state index in [9.17, 15) is 27.8 Å². The Labute approximate surface area is 470 Å². The summed E-state index contributed by atoms with van der Waals surface area (Å²) in [6, 6.07) is 43.4. The number of Topliss-reactive ketones (excluding diaryl/α,β-unsaturated/α-hetero) is 1. The average Bonchev–Trinajstić information content (AvgIpc) is 3.62. The number of halogens is 4. The molecule has 0 spiro atoms. The van der Waals surface area contributed by atoms with Crippen molar-refractivity contribution in [2.24, 2.45) is 17.8 Å². The van der Waals surface area contributed by atoms with E-state index in [1.54, 1.807) is 18.2 Å². The van der Waals surface area contributed by atoms with E-state index in [-0.39, 0.29) is 85.5 Å². The summed E-state index contributed by atoms with van der Waals surface area (Å²) in [5.74, 6) is 1.71. The molecule has 72 heavy (non-hydrogen) atoms. The number of hydrogen-bond donors (Lipinski definition) is 4. The molecule has 10 rings (SSSR count). The summed E-state index contributed by atoms with van der Waals surface area (Å²) in [5, 5.41) is 12.6. The van der Waals surface area contributed by atoms with Crippen LogP contribution in [-0.2, 0) is 12.8 Å². The van der Waals surface area contributed by atoms with Gasteiger partial charge in [0, 0.05) is 34.6 Å². The smallest absolute Gasteiger partial charge is 1.00 e. The molecular weight excluding hydrogens is 1010 g/mol. The Morgan fingerprint density at radius 2 is 1.07 bits per heavy atom. The van der Waals surface area contributed by atoms with Crippen molar-refractivity contribution >= 4 is 86.9 Å². The fraction of sp³-hybridized carbons (Fsp3) is 0.228. The molecule has 0 radical (unpaired) electrons. The third-order valence-corrected chi connectivity index (χ3v) is 13.9. The Kier molecular flexibility index (Phi) is 20.5. The van der Waals surface area contributed by atoms with E-state index in [1.807, 2.05) is 71.6 Å². The largest absolute Gasteiger partial charge is 1.00 e. The molecule has 4 aliphatic rings. The van der Waals surface area contributed by atoms with Crippen molar-refractivity contribution in [1.29, 1.82) is 0 Å². The Morgan fingerprint density at radius 1 is 0.597 bits per heavy atom.